The first-order valence-electron chi connectivity index (χ1n) is 3.49. The first-order valence-corrected chi connectivity index (χ1v) is 3.49. The zero-order valence-corrected chi connectivity index (χ0v) is 6.17. The van der Waals surface area contributed by atoms with Crippen molar-refractivity contribution in [1.82, 2.24) is 9.78 Å². The first-order chi connectivity index (χ1) is 5.79. The van der Waals surface area contributed by atoms with E-state index in [1.807, 2.05) is 0 Å². The second-order valence-corrected chi connectivity index (χ2v) is 2.43. The van der Waals surface area contributed by atoms with E-state index in [-0.39, 0.29) is 5.69 Å². The molecule has 0 fully saturated rings. The van der Waals surface area contributed by atoms with Gasteiger partial charge in [0, 0.05) is 0 Å². The van der Waals surface area contributed by atoms with Crippen LogP contribution < -0.4 is 0 Å². The van der Waals surface area contributed by atoms with E-state index >= 15 is 0 Å². The van der Waals surface area contributed by atoms with Gasteiger partial charge in [0.2, 0.25) is 0 Å². The van der Waals surface area contributed by atoms with Gasteiger partial charge in [-0.3, -0.25) is 19.8 Å². The molecular weight excluding hydrogens is 160 g/mol. The number of rotatable bonds is 1. The Kier molecular flexibility index (Phi) is 1.39. The Labute approximate surface area is 67.7 Å². The Morgan fingerprint density at radius 3 is 3.25 bits per heavy atom. The molecule has 0 bridgehead atoms. The van der Waals surface area contributed by atoms with Gasteiger partial charge in [0.05, 0.1) is 24.2 Å². The van der Waals surface area contributed by atoms with Crippen LogP contribution in [0.3, 0.4) is 0 Å². The average Bonchev–Trinajstić information content (AvgIpc) is 2.47. The molecule has 0 atom stereocenters. The Hall–Kier alpha value is -1.72. The molecule has 0 aliphatic carbocycles. The largest absolute Gasteiger partial charge is 0.315 e. The fourth-order valence-corrected chi connectivity index (χ4v) is 1.14. The lowest BCUT2D eigenvalue weighted by Gasteiger charge is -2.04. The topological polar surface area (TPSA) is 73.3 Å². The van der Waals surface area contributed by atoms with Crippen LogP contribution in [-0.4, -0.2) is 27.5 Å². The Morgan fingerprint density at radius 1 is 1.67 bits per heavy atom. The molecule has 0 saturated heterocycles. The molecule has 6 heteroatoms. The standard InChI is InChI=1S/C6H6N4O2/c11-10(12)6-4-8-9-2-1-7-3-5(6)9/h3-4H,1-2H2. The van der Waals surface area contributed by atoms with Gasteiger partial charge in [-0.15, -0.1) is 0 Å². The number of nitro groups is 1. The summed E-state index contributed by atoms with van der Waals surface area (Å²) in [6.07, 6.45) is 2.75. The minimum absolute atomic E-state index is 0.0263. The lowest BCUT2D eigenvalue weighted by Crippen LogP contribution is -2.12. The molecule has 0 N–H and O–H groups in total. The average molecular weight is 166 g/mol. The fourth-order valence-electron chi connectivity index (χ4n) is 1.14. The quantitative estimate of drug-likeness (QED) is 0.442. The van der Waals surface area contributed by atoms with E-state index in [0.29, 0.717) is 18.8 Å². The van der Waals surface area contributed by atoms with Gasteiger partial charge in [-0.1, -0.05) is 0 Å². The summed E-state index contributed by atoms with van der Waals surface area (Å²) in [4.78, 5) is 13.9. The summed E-state index contributed by atoms with van der Waals surface area (Å²) in [5.74, 6) is 0. The summed E-state index contributed by atoms with van der Waals surface area (Å²) < 4.78 is 1.59. The second kappa shape index (κ2) is 2.40. The zero-order chi connectivity index (χ0) is 8.55. The highest BCUT2D eigenvalue weighted by Crippen LogP contribution is 2.16. The van der Waals surface area contributed by atoms with Crippen molar-refractivity contribution >= 4 is 11.9 Å². The maximum atomic E-state index is 10.4. The molecule has 2 rings (SSSR count). The highest BCUT2D eigenvalue weighted by Gasteiger charge is 2.19. The number of hydrogen-bond donors (Lipinski definition) is 0. The van der Waals surface area contributed by atoms with Crippen LogP contribution in [0.2, 0.25) is 0 Å². The monoisotopic (exact) mass is 166 g/mol. The van der Waals surface area contributed by atoms with Crippen LogP contribution >= 0.6 is 0 Å². The molecule has 62 valence electrons. The van der Waals surface area contributed by atoms with Crippen molar-refractivity contribution in [3.05, 3.63) is 22.0 Å². The van der Waals surface area contributed by atoms with Crippen LogP contribution in [0.25, 0.3) is 0 Å². The Morgan fingerprint density at radius 2 is 2.50 bits per heavy atom. The van der Waals surface area contributed by atoms with E-state index < -0.39 is 4.92 Å². The molecular formula is C6H6N4O2. The molecule has 2 heterocycles. The highest BCUT2D eigenvalue weighted by atomic mass is 16.6. The lowest BCUT2D eigenvalue weighted by atomic mass is 10.3. The van der Waals surface area contributed by atoms with Crippen LogP contribution in [0.4, 0.5) is 5.69 Å². The third kappa shape index (κ3) is 0.884. The van der Waals surface area contributed by atoms with Crippen molar-refractivity contribution in [3.63, 3.8) is 0 Å². The Bertz CT molecular complexity index is 354. The molecule has 12 heavy (non-hydrogen) atoms. The predicted octanol–water partition coefficient (Wildman–Crippen LogP) is 0.224. The van der Waals surface area contributed by atoms with Gasteiger partial charge in [0.25, 0.3) is 0 Å². The van der Waals surface area contributed by atoms with Gasteiger partial charge < -0.3 is 0 Å². The second-order valence-electron chi connectivity index (χ2n) is 2.43. The molecule has 1 aromatic rings. The number of aromatic nitrogens is 2. The number of fused-ring (bicyclic) bond motifs is 1. The van der Waals surface area contributed by atoms with Gasteiger partial charge >= 0.3 is 5.69 Å². The normalized spacial score (nSPS) is 14.3. The first kappa shape index (κ1) is 6.96. The predicted molar refractivity (Wildman–Crippen MR) is 41.3 cm³/mol. The van der Waals surface area contributed by atoms with E-state index in [0.717, 1.165) is 0 Å². The van der Waals surface area contributed by atoms with Gasteiger partial charge in [-0.25, -0.2) is 0 Å². The van der Waals surface area contributed by atoms with E-state index in [1.54, 1.807) is 4.68 Å². The molecule has 6 nitrogen and oxygen atoms in total. The molecule has 0 unspecified atom stereocenters. The fraction of sp³-hybridized carbons (Fsp3) is 0.333. The third-order valence-electron chi connectivity index (χ3n) is 1.71. The molecule has 1 aliphatic rings. The number of nitrogens with zero attached hydrogens (tertiary/aromatic N) is 4. The summed E-state index contributed by atoms with van der Waals surface area (Å²) in [5, 5.41) is 14.3. The maximum absolute atomic E-state index is 10.4. The highest BCUT2D eigenvalue weighted by molar-refractivity contribution is 5.83. The maximum Gasteiger partial charge on any atom is 0.315 e. The van der Waals surface area contributed by atoms with Crippen LogP contribution in [0.15, 0.2) is 11.2 Å². The van der Waals surface area contributed by atoms with E-state index in [2.05, 4.69) is 10.1 Å². The minimum atomic E-state index is -0.448. The molecule has 0 spiro atoms. The third-order valence-corrected chi connectivity index (χ3v) is 1.71. The summed E-state index contributed by atoms with van der Waals surface area (Å²) in [6.45, 7) is 1.27. The number of hydrogen-bond acceptors (Lipinski definition) is 4. The van der Waals surface area contributed by atoms with Gasteiger partial charge in [-0.2, -0.15) is 5.10 Å². The summed E-state index contributed by atoms with van der Waals surface area (Å²) >= 11 is 0. The number of aliphatic imine (C=N–C) groups is 1. The molecule has 0 aromatic carbocycles. The summed E-state index contributed by atoms with van der Waals surface area (Å²) in [6, 6.07) is 0. The van der Waals surface area contributed by atoms with Crippen molar-refractivity contribution < 1.29 is 4.92 Å². The van der Waals surface area contributed by atoms with Crippen molar-refractivity contribution in [2.45, 2.75) is 6.54 Å². The van der Waals surface area contributed by atoms with Crippen LogP contribution in [-0.2, 0) is 6.54 Å². The molecule has 0 saturated carbocycles. The van der Waals surface area contributed by atoms with Gasteiger partial charge in [0.15, 0.2) is 5.69 Å². The smallest absolute Gasteiger partial charge is 0.289 e. The van der Waals surface area contributed by atoms with Crippen molar-refractivity contribution in [2.24, 2.45) is 4.99 Å². The van der Waals surface area contributed by atoms with Crippen molar-refractivity contribution in [2.75, 3.05) is 6.54 Å². The van der Waals surface area contributed by atoms with Crippen LogP contribution in [0, 0.1) is 10.1 Å². The van der Waals surface area contributed by atoms with Crippen LogP contribution in [0.1, 0.15) is 5.69 Å². The van der Waals surface area contributed by atoms with Crippen molar-refractivity contribution in [3.8, 4) is 0 Å². The van der Waals surface area contributed by atoms with Crippen LogP contribution in [0.5, 0.6) is 0 Å². The summed E-state index contributed by atoms with van der Waals surface area (Å²) in [5.41, 5.74) is 0.518. The molecule has 0 radical (unpaired) electrons. The van der Waals surface area contributed by atoms with E-state index in [4.69, 9.17) is 0 Å². The SMILES string of the molecule is O=[N+]([O-])c1cnn2c1C=NCC2. The van der Waals surface area contributed by atoms with E-state index in [1.165, 1.54) is 12.4 Å². The van der Waals surface area contributed by atoms with E-state index in [9.17, 15) is 10.1 Å². The molecule has 1 aliphatic heterocycles. The molecule has 0 amide bonds. The zero-order valence-electron chi connectivity index (χ0n) is 6.17. The Balaban J connectivity index is 2.54. The summed E-state index contributed by atoms with van der Waals surface area (Å²) in [7, 11) is 0. The minimum Gasteiger partial charge on any atom is -0.289 e. The van der Waals surface area contributed by atoms with Gasteiger partial charge in [0.1, 0.15) is 6.20 Å². The van der Waals surface area contributed by atoms with Crippen molar-refractivity contribution in [1.29, 1.82) is 0 Å². The lowest BCUT2D eigenvalue weighted by molar-refractivity contribution is -0.385. The molecule has 1 aromatic heterocycles. The van der Waals surface area contributed by atoms with Gasteiger partial charge in [-0.05, 0) is 0 Å².